The average molecular weight is 515 g/mol. The van der Waals surface area contributed by atoms with Gasteiger partial charge < -0.3 is 10.4 Å². The van der Waals surface area contributed by atoms with Crippen LogP contribution in [0.4, 0.5) is 11.4 Å². The molecule has 7 heteroatoms. The van der Waals surface area contributed by atoms with Gasteiger partial charge in [-0.3, -0.25) is 19.3 Å². The summed E-state index contributed by atoms with van der Waals surface area (Å²) < 4.78 is 0. The summed E-state index contributed by atoms with van der Waals surface area (Å²) in [5.74, 6) is -1.45. The van der Waals surface area contributed by atoms with E-state index in [1.807, 2.05) is 79.7 Å². The molecule has 2 N–H and O–H groups in total. The minimum absolute atomic E-state index is 0.0314. The number of allylic oxidation sites excluding steroid dienone is 1. The van der Waals surface area contributed by atoms with Gasteiger partial charge in [-0.2, -0.15) is 0 Å². The number of benzene rings is 3. The van der Waals surface area contributed by atoms with Gasteiger partial charge in [0.05, 0.1) is 23.8 Å². The van der Waals surface area contributed by atoms with Crippen molar-refractivity contribution in [1.82, 2.24) is 0 Å². The molecule has 2 aliphatic rings. The van der Waals surface area contributed by atoms with Crippen LogP contribution in [-0.4, -0.2) is 22.8 Å². The van der Waals surface area contributed by atoms with E-state index in [0.29, 0.717) is 34.8 Å². The Bertz CT molecular complexity index is 1400. The summed E-state index contributed by atoms with van der Waals surface area (Å²) in [5.41, 5.74) is 5.55. The number of amides is 1. The molecule has 0 aromatic heterocycles. The summed E-state index contributed by atoms with van der Waals surface area (Å²) in [7, 11) is 0. The Balaban J connectivity index is 1.67. The van der Waals surface area contributed by atoms with Gasteiger partial charge in [0, 0.05) is 29.1 Å². The Labute approximate surface area is 220 Å². The molecule has 37 heavy (non-hydrogen) atoms. The fourth-order valence-corrected chi connectivity index (χ4v) is 5.36. The minimum Gasteiger partial charge on any atom is -0.481 e. The first-order valence-corrected chi connectivity index (χ1v) is 12.7. The summed E-state index contributed by atoms with van der Waals surface area (Å²) in [6.07, 6.45) is 0.439. The summed E-state index contributed by atoms with van der Waals surface area (Å²) >= 11 is 6.09. The molecule has 0 unspecified atom stereocenters. The maximum atomic E-state index is 13.9. The van der Waals surface area contributed by atoms with Gasteiger partial charge in [-0.15, -0.1) is 0 Å². The first-order valence-electron chi connectivity index (χ1n) is 12.3. The molecule has 3 aromatic carbocycles. The van der Waals surface area contributed by atoms with Crippen LogP contribution >= 0.6 is 11.6 Å². The van der Waals surface area contributed by atoms with Crippen molar-refractivity contribution in [3.8, 4) is 0 Å². The normalized spacial score (nSPS) is 19.0. The highest BCUT2D eigenvalue weighted by Gasteiger charge is 2.41. The van der Waals surface area contributed by atoms with E-state index >= 15 is 0 Å². The topological polar surface area (TPSA) is 86.7 Å². The van der Waals surface area contributed by atoms with Crippen molar-refractivity contribution in [2.45, 2.75) is 44.6 Å². The fraction of sp³-hybridized carbons (Fsp3) is 0.233. The van der Waals surface area contributed by atoms with Gasteiger partial charge in [0.2, 0.25) is 5.91 Å². The smallest absolute Gasteiger partial charge is 0.303 e. The molecule has 1 amide bonds. The predicted octanol–water partition coefficient (Wildman–Crippen LogP) is 6.41. The van der Waals surface area contributed by atoms with Gasteiger partial charge in [-0.1, -0.05) is 65.7 Å². The summed E-state index contributed by atoms with van der Waals surface area (Å²) in [6, 6.07) is 22.1. The molecular formula is C30H27ClN2O4. The predicted molar refractivity (Wildman–Crippen MR) is 144 cm³/mol. The van der Waals surface area contributed by atoms with E-state index in [1.165, 1.54) is 0 Å². The maximum absolute atomic E-state index is 13.9. The highest BCUT2D eigenvalue weighted by atomic mass is 35.5. The number of aliphatic carboxylic acids is 1. The summed E-state index contributed by atoms with van der Waals surface area (Å²) in [4.78, 5) is 40.5. The zero-order chi connectivity index (χ0) is 26.1. The molecule has 0 saturated carbocycles. The molecule has 0 spiro atoms. The van der Waals surface area contributed by atoms with E-state index in [2.05, 4.69) is 5.32 Å². The van der Waals surface area contributed by atoms with Crippen LogP contribution < -0.4 is 10.2 Å². The molecule has 0 fully saturated rings. The molecule has 1 aliphatic carbocycles. The first kappa shape index (κ1) is 24.8. The van der Waals surface area contributed by atoms with E-state index in [9.17, 15) is 19.5 Å². The number of aryl methyl sites for hydroxylation is 1. The molecular weight excluding hydrogens is 488 g/mol. The Morgan fingerprint density at radius 2 is 1.62 bits per heavy atom. The third-order valence-corrected chi connectivity index (χ3v) is 7.30. The van der Waals surface area contributed by atoms with Gasteiger partial charge in [0.1, 0.15) is 0 Å². The number of hydrogen-bond acceptors (Lipinski definition) is 4. The molecule has 6 nitrogen and oxygen atoms in total. The molecule has 1 aliphatic heterocycles. The lowest BCUT2D eigenvalue weighted by Crippen LogP contribution is -2.38. The fourth-order valence-electron chi connectivity index (χ4n) is 5.23. The van der Waals surface area contributed by atoms with Crippen molar-refractivity contribution >= 4 is 40.6 Å². The monoisotopic (exact) mass is 514 g/mol. The number of Topliss-reactive ketones (excluding diaryl/α,β-unsaturated/α-hetero) is 1. The van der Waals surface area contributed by atoms with Crippen LogP contribution in [-0.2, 0) is 14.4 Å². The SMILES string of the molecule is Cc1ccc([C@H]2C3=C(C[C@@H](c4ccc(Cl)cc4)CC3=O)Nc3ccccc3N2C(=O)CCC(=O)O)cc1. The number of halogens is 1. The van der Waals surface area contributed by atoms with E-state index < -0.39 is 12.0 Å². The molecule has 5 rings (SSSR count). The van der Waals surface area contributed by atoms with Crippen molar-refractivity contribution in [2.24, 2.45) is 0 Å². The highest BCUT2D eigenvalue weighted by Crippen LogP contribution is 2.47. The highest BCUT2D eigenvalue weighted by molar-refractivity contribution is 6.30. The molecule has 0 saturated heterocycles. The Kier molecular flexibility index (Phi) is 6.85. The van der Waals surface area contributed by atoms with Crippen LogP contribution in [0.25, 0.3) is 0 Å². The van der Waals surface area contributed by atoms with Gasteiger partial charge in [-0.05, 0) is 54.7 Å². The van der Waals surface area contributed by atoms with E-state index in [4.69, 9.17) is 11.6 Å². The number of nitrogens with one attached hydrogen (secondary N) is 1. The largest absolute Gasteiger partial charge is 0.481 e. The number of carbonyl (C=O) groups excluding carboxylic acids is 2. The minimum atomic E-state index is -1.04. The lowest BCUT2D eigenvalue weighted by atomic mass is 9.78. The van der Waals surface area contributed by atoms with Crippen molar-refractivity contribution in [3.05, 3.63) is 106 Å². The Morgan fingerprint density at radius 1 is 0.946 bits per heavy atom. The average Bonchev–Trinajstić information content (AvgIpc) is 3.03. The van der Waals surface area contributed by atoms with E-state index in [-0.39, 0.29) is 30.4 Å². The third-order valence-electron chi connectivity index (χ3n) is 7.04. The van der Waals surface area contributed by atoms with Crippen molar-refractivity contribution in [3.63, 3.8) is 0 Å². The number of rotatable bonds is 5. The van der Waals surface area contributed by atoms with Crippen LogP contribution in [0.5, 0.6) is 0 Å². The van der Waals surface area contributed by atoms with Crippen LogP contribution in [0.3, 0.4) is 0 Å². The van der Waals surface area contributed by atoms with Crippen molar-refractivity contribution in [1.29, 1.82) is 0 Å². The van der Waals surface area contributed by atoms with Crippen molar-refractivity contribution in [2.75, 3.05) is 10.2 Å². The zero-order valence-corrected chi connectivity index (χ0v) is 21.2. The zero-order valence-electron chi connectivity index (χ0n) is 20.4. The molecule has 3 aromatic rings. The number of anilines is 2. The number of nitrogens with zero attached hydrogens (tertiary/aromatic N) is 1. The van der Waals surface area contributed by atoms with Gasteiger partial charge in [0.15, 0.2) is 5.78 Å². The van der Waals surface area contributed by atoms with Crippen LogP contribution in [0.1, 0.15) is 54.3 Å². The number of carboxylic acids is 1. The molecule has 0 radical (unpaired) electrons. The summed E-state index contributed by atoms with van der Waals surface area (Å²) in [6.45, 7) is 1.98. The Hall–Kier alpha value is -3.90. The van der Waals surface area contributed by atoms with Crippen LogP contribution in [0.2, 0.25) is 5.02 Å². The first-order chi connectivity index (χ1) is 17.8. The molecule has 2 atom stereocenters. The second-order valence-electron chi connectivity index (χ2n) is 9.58. The molecule has 0 bridgehead atoms. The molecule has 188 valence electrons. The maximum Gasteiger partial charge on any atom is 0.303 e. The van der Waals surface area contributed by atoms with Gasteiger partial charge in [-0.25, -0.2) is 0 Å². The number of para-hydroxylation sites is 2. The lowest BCUT2D eigenvalue weighted by molar-refractivity contribution is -0.138. The second kappa shape index (κ2) is 10.2. The molecule has 1 heterocycles. The number of hydrogen-bond donors (Lipinski definition) is 2. The van der Waals surface area contributed by atoms with E-state index in [0.717, 1.165) is 22.4 Å². The van der Waals surface area contributed by atoms with Crippen LogP contribution in [0, 0.1) is 6.92 Å². The standard InChI is InChI=1S/C30H27ClN2O4/c1-18-6-8-20(9-7-18)30-29-24(16-21(17-26(29)34)19-10-12-22(31)13-11-19)32-23-4-2-3-5-25(23)33(30)27(35)14-15-28(36)37/h2-13,21,30,32H,14-17H2,1H3,(H,36,37)/t21-,30+/m1/s1. The van der Waals surface area contributed by atoms with E-state index in [1.54, 1.807) is 4.90 Å². The number of ketones is 1. The number of carboxylic acid groups (broad SMARTS) is 1. The number of carbonyl (C=O) groups is 3. The van der Waals surface area contributed by atoms with Gasteiger partial charge >= 0.3 is 5.97 Å². The summed E-state index contributed by atoms with van der Waals surface area (Å²) in [5, 5.41) is 13.4. The quantitative estimate of drug-likeness (QED) is 0.410. The third kappa shape index (κ3) is 5.02. The van der Waals surface area contributed by atoms with Gasteiger partial charge in [0.25, 0.3) is 0 Å². The van der Waals surface area contributed by atoms with Crippen LogP contribution in [0.15, 0.2) is 84.1 Å². The second-order valence-corrected chi connectivity index (χ2v) is 10.0. The number of fused-ring (bicyclic) bond motifs is 1. The Morgan fingerprint density at radius 3 is 2.32 bits per heavy atom. The van der Waals surface area contributed by atoms with Crippen molar-refractivity contribution < 1.29 is 19.5 Å². The lowest BCUT2D eigenvalue weighted by Gasteiger charge is -2.35.